The predicted octanol–water partition coefficient (Wildman–Crippen LogP) is 2.58. The molecule has 0 spiro atoms. The lowest BCUT2D eigenvalue weighted by Crippen LogP contribution is -2.19. The summed E-state index contributed by atoms with van der Waals surface area (Å²) < 4.78 is 15.7. The zero-order valence-electron chi connectivity index (χ0n) is 12.8. The number of hydrogen-bond donors (Lipinski definition) is 1. The minimum absolute atomic E-state index is 0.225. The molecule has 6 nitrogen and oxygen atoms in total. The van der Waals surface area contributed by atoms with E-state index in [0.29, 0.717) is 28.5 Å². The van der Waals surface area contributed by atoms with Gasteiger partial charge in [0.25, 0.3) is 5.91 Å². The largest absolute Gasteiger partial charge is 0.497 e. The van der Waals surface area contributed by atoms with Crippen LogP contribution in [0.25, 0.3) is 0 Å². The van der Waals surface area contributed by atoms with Gasteiger partial charge in [-0.05, 0) is 49.4 Å². The highest BCUT2D eigenvalue weighted by Crippen LogP contribution is 2.32. The molecule has 0 saturated heterocycles. The van der Waals surface area contributed by atoms with Crippen LogP contribution < -0.4 is 19.6 Å². The smallest absolute Gasteiger partial charge is 0.271 e. The molecule has 1 N–H and O–H groups in total. The second-order valence-corrected chi connectivity index (χ2v) is 4.93. The molecule has 6 heteroatoms. The van der Waals surface area contributed by atoms with Crippen molar-refractivity contribution in [2.24, 2.45) is 5.10 Å². The quantitative estimate of drug-likeness (QED) is 0.696. The van der Waals surface area contributed by atoms with Crippen LogP contribution in [0.5, 0.6) is 17.2 Å². The number of carbonyl (C=O) groups excluding carboxylic acids is 1. The van der Waals surface area contributed by atoms with Gasteiger partial charge in [0.1, 0.15) is 5.75 Å². The highest BCUT2D eigenvalue weighted by Gasteiger charge is 2.14. The predicted molar refractivity (Wildman–Crippen MR) is 85.2 cm³/mol. The Bertz CT molecular complexity index is 754. The number of carbonyl (C=O) groups is 1. The fourth-order valence-electron chi connectivity index (χ4n) is 2.13. The summed E-state index contributed by atoms with van der Waals surface area (Å²) in [5, 5.41) is 4.13. The molecular weight excluding hydrogens is 296 g/mol. The summed E-state index contributed by atoms with van der Waals surface area (Å²) in [6, 6.07) is 12.3. The number of nitrogens with zero attached hydrogens (tertiary/aromatic N) is 1. The van der Waals surface area contributed by atoms with Gasteiger partial charge in [0, 0.05) is 11.1 Å². The summed E-state index contributed by atoms with van der Waals surface area (Å²) in [5.41, 5.74) is 4.57. The molecule has 2 aromatic rings. The fourth-order valence-corrected chi connectivity index (χ4v) is 2.13. The van der Waals surface area contributed by atoms with Crippen LogP contribution in [0.1, 0.15) is 22.8 Å². The zero-order chi connectivity index (χ0) is 16.2. The van der Waals surface area contributed by atoms with E-state index in [2.05, 4.69) is 10.5 Å². The van der Waals surface area contributed by atoms with E-state index in [-0.39, 0.29) is 12.7 Å². The van der Waals surface area contributed by atoms with E-state index < -0.39 is 0 Å². The van der Waals surface area contributed by atoms with Crippen LogP contribution in [0.3, 0.4) is 0 Å². The molecule has 118 valence electrons. The van der Waals surface area contributed by atoms with Gasteiger partial charge in [0.2, 0.25) is 6.79 Å². The lowest BCUT2D eigenvalue weighted by atomic mass is 10.1. The molecule has 0 unspecified atom stereocenters. The van der Waals surface area contributed by atoms with Crippen molar-refractivity contribution in [3.8, 4) is 17.2 Å². The third-order valence-corrected chi connectivity index (χ3v) is 3.47. The van der Waals surface area contributed by atoms with Crippen LogP contribution in [-0.4, -0.2) is 25.5 Å². The Labute approximate surface area is 133 Å². The second-order valence-electron chi connectivity index (χ2n) is 4.93. The maximum atomic E-state index is 12.1. The third-order valence-electron chi connectivity index (χ3n) is 3.47. The Morgan fingerprint density at radius 2 is 1.78 bits per heavy atom. The number of rotatable bonds is 4. The number of hydrogen-bond acceptors (Lipinski definition) is 5. The molecule has 0 bridgehead atoms. The molecule has 0 fully saturated rings. The van der Waals surface area contributed by atoms with Gasteiger partial charge in [-0.1, -0.05) is 0 Å². The lowest BCUT2D eigenvalue weighted by Gasteiger charge is -2.05. The van der Waals surface area contributed by atoms with Crippen molar-refractivity contribution in [1.82, 2.24) is 5.43 Å². The van der Waals surface area contributed by atoms with Crippen molar-refractivity contribution in [2.45, 2.75) is 6.92 Å². The van der Waals surface area contributed by atoms with Gasteiger partial charge in [0.05, 0.1) is 12.8 Å². The maximum Gasteiger partial charge on any atom is 0.271 e. The van der Waals surface area contributed by atoms with Gasteiger partial charge in [-0.3, -0.25) is 4.79 Å². The number of amides is 1. The number of fused-ring (bicyclic) bond motifs is 1. The van der Waals surface area contributed by atoms with Crippen molar-refractivity contribution in [2.75, 3.05) is 13.9 Å². The van der Waals surface area contributed by atoms with E-state index in [0.717, 1.165) is 5.56 Å². The van der Waals surface area contributed by atoms with Gasteiger partial charge in [-0.2, -0.15) is 5.10 Å². The molecule has 23 heavy (non-hydrogen) atoms. The van der Waals surface area contributed by atoms with Crippen LogP contribution in [0.4, 0.5) is 0 Å². The molecule has 2 aromatic carbocycles. The van der Waals surface area contributed by atoms with Crippen LogP contribution in [0, 0.1) is 0 Å². The number of hydrazone groups is 1. The Balaban J connectivity index is 1.69. The van der Waals surface area contributed by atoms with Crippen molar-refractivity contribution >= 4 is 11.6 Å². The number of nitrogens with one attached hydrogen (secondary N) is 1. The van der Waals surface area contributed by atoms with E-state index in [1.807, 2.05) is 25.1 Å². The molecule has 0 aromatic heterocycles. The summed E-state index contributed by atoms with van der Waals surface area (Å²) in [4.78, 5) is 12.1. The number of ether oxygens (including phenoxy) is 3. The summed E-state index contributed by atoms with van der Waals surface area (Å²) in [6.45, 7) is 2.04. The summed E-state index contributed by atoms with van der Waals surface area (Å²) in [7, 11) is 1.58. The van der Waals surface area contributed by atoms with Gasteiger partial charge in [0.15, 0.2) is 11.5 Å². The van der Waals surface area contributed by atoms with Gasteiger partial charge in [-0.15, -0.1) is 0 Å². The topological polar surface area (TPSA) is 69.2 Å². The van der Waals surface area contributed by atoms with E-state index in [9.17, 15) is 4.79 Å². The van der Waals surface area contributed by atoms with Crippen LogP contribution >= 0.6 is 0 Å². The second kappa shape index (κ2) is 6.39. The van der Waals surface area contributed by atoms with E-state index in [1.165, 1.54) is 0 Å². The van der Waals surface area contributed by atoms with Crippen LogP contribution in [0.15, 0.2) is 47.6 Å². The molecule has 0 saturated carbocycles. The maximum absolute atomic E-state index is 12.1. The van der Waals surface area contributed by atoms with Crippen molar-refractivity contribution in [1.29, 1.82) is 0 Å². The molecule has 0 radical (unpaired) electrons. The molecule has 0 atom stereocenters. The third kappa shape index (κ3) is 3.26. The van der Waals surface area contributed by atoms with E-state index in [1.54, 1.807) is 31.4 Å². The molecule has 1 amide bonds. The van der Waals surface area contributed by atoms with Crippen molar-refractivity contribution < 1.29 is 19.0 Å². The average Bonchev–Trinajstić information content (AvgIpc) is 3.07. The number of benzene rings is 2. The Morgan fingerprint density at radius 1 is 1.09 bits per heavy atom. The lowest BCUT2D eigenvalue weighted by molar-refractivity contribution is 0.0955. The van der Waals surface area contributed by atoms with Gasteiger partial charge >= 0.3 is 0 Å². The Morgan fingerprint density at radius 3 is 2.52 bits per heavy atom. The van der Waals surface area contributed by atoms with Gasteiger partial charge < -0.3 is 14.2 Å². The first kappa shape index (κ1) is 14.9. The Hall–Kier alpha value is -3.02. The first-order valence-electron chi connectivity index (χ1n) is 7.06. The highest BCUT2D eigenvalue weighted by atomic mass is 16.7. The number of methoxy groups -OCH3 is 1. The zero-order valence-corrected chi connectivity index (χ0v) is 12.8. The summed E-state index contributed by atoms with van der Waals surface area (Å²) in [5.74, 6) is 1.80. The SMILES string of the molecule is COc1ccc(C(=O)NN=C(C)c2ccc3c(c2)OCO3)cc1. The summed E-state index contributed by atoms with van der Waals surface area (Å²) in [6.07, 6.45) is 0. The molecule has 0 aliphatic carbocycles. The van der Waals surface area contributed by atoms with Crippen LogP contribution in [0.2, 0.25) is 0 Å². The van der Waals surface area contributed by atoms with Gasteiger partial charge in [-0.25, -0.2) is 5.43 Å². The van der Waals surface area contributed by atoms with Crippen molar-refractivity contribution in [3.05, 3.63) is 53.6 Å². The molecule has 3 rings (SSSR count). The molecule has 1 aliphatic heterocycles. The van der Waals surface area contributed by atoms with E-state index >= 15 is 0 Å². The average molecular weight is 312 g/mol. The summed E-state index contributed by atoms with van der Waals surface area (Å²) >= 11 is 0. The Kier molecular flexibility index (Phi) is 4.14. The fraction of sp³-hybridized carbons (Fsp3) is 0.176. The minimum Gasteiger partial charge on any atom is -0.497 e. The van der Waals surface area contributed by atoms with E-state index in [4.69, 9.17) is 14.2 Å². The first-order valence-corrected chi connectivity index (χ1v) is 7.06. The monoisotopic (exact) mass is 312 g/mol. The first-order chi connectivity index (χ1) is 11.2. The normalized spacial score (nSPS) is 12.9. The van der Waals surface area contributed by atoms with Crippen LogP contribution in [-0.2, 0) is 0 Å². The highest BCUT2D eigenvalue weighted by molar-refractivity contribution is 6.01. The standard InChI is InChI=1S/C17H16N2O4/c1-11(13-5-8-15-16(9-13)23-10-22-15)18-19-17(20)12-3-6-14(21-2)7-4-12/h3-9H,10H2,1-2H3,(H,19,20). The van der Waals surface area contributed by atoms with Crippen molar-refractivity contribution in [3.63, 3.8) is 0 Å². The molecule has 1 aliphatic rings. The molecule has 1 heterocycles. The minimum atomic E-state index is -0.284. The molecular formula is C17H16N2O4.